The maximum atomic E-state index is 12.2. The van der Waals surface area contributed by atoms with Crippen molar-refractivity contribution in [3.63, 3.8) is 0 Å². The molecule has 0 saturated carbocycles. The number of benzene rings is 1. The lowest BCUT2D eigenvalue weighted by molar-refractivity contribution is 0.0950. The van der Waals surface area contributed by atoms with Crippen LogP contribution in [0.4, 0.5) is 5.69 Å². The number of hydrogen-bond acceptors (Lipinski definition) is 5. The lowest BCUT2D eigenvalue weighted by Crippen LogP contribution is -2.24. The summed E-state index contributed by atoms with van der Waals surface area (Å²) < 4.78 is 12.1. The Labute approximate surface area is 115 Å². The molecule has 104 valence electrons. The van der Waals surface area contributed by atoms with E-state index < -0.39 is 0 Å². The maximum absolute atomic E-state index is 12.2. The second kappa shape index (κ2) is 4.76. The molecule has 7 nitrogen and oxygen atoms in total. The van der Waals surface area contributed by atoms with Crippen LogP contribution in [-0.4, -0.2) is 22.5 Å². The largest absolute Gasteiger partial charge is 0.454 e. The van der Waals surface area contributed by atoms with Crippen LogP contribution in [0.2, 0.25) is 0 Å². The van der Waals surface area contributed by atoms with Crippen molar-refractivity contribution >= 4 is 11.6 Å². The average molecular weight is 274 g/mol. The van der Waals surface area contributed by atoms with Crippen molar-refractivity contribution in [2.75, 3.05) is 12.5 Å². The first kappa shape index (κ1) is 12.3. The molecule has 1 aliphatic heterocycles. The molecule has 0 unspecified atom stereocenters. The first-order valence-corrected chi connectivity index (χ1v) is 6.09. The zero-order chi connectivity index (χ0) is 14.1. The van der Waals surface area contributed by atoms with Crippen LogP contribution >= 0.6 is 0 Å². The van der Waals surface area contributed by atoms with E-state index >= 15 is 0 Å². The number of nitrogens with one attached hydrogen (secondary N) is 1. The smallest absolute Gasteiger partial charge is 0.253 e. The monoisotopic (exact) mass is 274 g/mol. The van der Waals surface area contributed by atoms with Gasteiger partial charge in [0.05, 0.1) is 17.8 Å². The lowest BCUT2D eigenvalue weighted by atomic mass is 10.1. The molecule has 2 aromatic rings. The van der Waals surface area contributed by atoms with Gasteiger partial charge in [0, 0.05) is 25.0 Å². The summed E-state index contributed by atoms with van der Waals surface area (Å²) in [5, 5.41) is 6.83. The van der Waals surface area contributed by atoms with Crippen LogP contribution in [0.1, 0.15) is 16.1 Å². The van der Waals surface area contributed by atoms with E-state index in [-0.39, 0.29) is 12.7 Å². The van der Waals surface area contributed by atoms with Crippen LogP contribution in [-0.2, 0) is 13.6 Å². The predicted octanol–water partition coefficient (Wildman–Crippen LogP) is 0.661. The van der Waals surface area contributed by atoms with E-state index in [4.69, 9.17) is 15.2 Å². The van der Waals surface area contributed by atoms with Gasteiger partial charge >= 0.3 is 0 Å². The maximum Gasteiger partial charge on any atom is 0.253 e. The van der Waals surface area contributed by atoms with Crippen LogP contribution in [0, 0.1) is 0 Å². The standard InChI is InChI=1S/C13H14N4O3/c1-17-8(2-3-16-17)6-15-13(18)9-4-11-12(5-10(9)14)20-7-19-11/h2-5H,6-7,14H2,1H3,(H,15,18). The number of aryl methyl sites for hydroxylation is 1. The van der Waals surface area contributed by atoms with Gasteiger partial charge in [0.2, 0.25) is 6.79 Å². The van der Waals surface area contributed by atoms with Crippen LogP contribution < -0.4 is 20.5 Å². The summed E-state index contributed by atoms with van der Waals surface area (Å²) in [4.78, 5) is 12.2. The van der Waals surface area contributed by atoms with Crippen LogP contribution in [0.3, 0.4) is 0 Å². The van der Waals surface area contributed by atoms with Gasteiger partial charge in [0.15, 0.2) is 11.5 Å². The molecule has 1 aromatic heterocycles. The first-order chi connectivity index (χ1) is 9.65. The Hall–Kier alpha value is -2.70. The Morgan fingerprint density at radius 1 is 1.45 bits per heavy atom. The van der Waals surface area contributed by atoms with Crippen molar-refractivity contribution in [2.45, 2.75) is 6.54 Å². The fourth-order valence-electron chi connectivity index (χ4n) is 2.00. The van der Waals surface area contributed by atoms with E-state index in [2.05, 4.69) is 10.4 Å². The number of carbonyl (C=O) groups is 1. The zero-order valence-corrected chi connectivity index (χ0v) is 10.9. The van der Waals surface area contributed by atoms with Crippen molar-refractivity contribution < 1.29 is 14.3 Å². The number of nitrogens with two attached hydrogens (primary N) is 1. The number of ether oxygens (including phenoxy) is 2. The summed E-state index contributed by atoms with van der Waals surface area (Å²) in [7, 11) is 1.82. The quantitative estimate of drug-likeness (QED) is 0.802. The van der Waals surface area contributed by atoms with E-state index in [1.54, 1.807) is 23.0 Å². The Morgan fingerprint density at radius 3 is 2.90 bits per heavy atom. The molecule has 0 saturated heterocycles. The minimum Gasteiger partial charge on any atom is -0.454 e. The van der Waals surface area contributed by atoms with Gasteiger partial charge < -0.3 is 20.5 Å². The number of hydrogen-bond donors (Lipinski definition) is 2. The van der Waals surface area contributed by atoms with Gasteiger partial charge in [-0.3, -0.25) is 9.48 Å². The Balaban J connectivity index is 1.76. The van der Waals surface area contributed by atoms with Crippen molar-refractivity contribution in [3.05, 3.63) is 35.7 Å². The third kappa shape index (κ3) is 2.13. The number of anilines is 1. The third-order valence-corrected chi connectivity index (χ3v) is 3.14. The summed E-state index contributed by atoms with van der Waals surface area (Å²) in [6.07, 6.45) is 1.68. The molecule has 3 rings (SSSR count). The van der Waals surface area contributed by atoms with Crippen LogP contribution in [0.15, 0.2) is 24.4 Å². The van der Waals surface area contributed by atoms with E-state index in [0.29, 0.717) is 29.3 Å². The summed E-state index contributed by atoms with van der Waals surface area (Å²) in [6, 6.07) is 5.03. The van der Waals surface area contributed by atoms with Gasteiger partial charge in [-0.25, -0.2) is 0 Å². The summed E-state index contributed by atoms with van der Waals surface area (Å²) in [5.41, 5.74) is 7.49. The highest BCUT2D eigenvalue weighted by Gasteiger charge is 2.19. The van der Waals surface area contributed by atoms with Gasteiger partial charge in [-0.05, 0) is 12.1 Å². The Morgan fingerprint density at radius 2 is 2.20 bits per heavy atom. The van der Waals surface area contributed by atoms with Gasteiger partial charge in [0.1, 0.15) is 0 Å². The van der Waals surface area contributed by atoms with E-state index in [1.165, 1.54) is 0 Å². The third-order valence-electron chi connectivity index (χ3n) is 3.14. The zero-order valence-electron chi connectivity index (χ0n) is 10.9. The topological polar surface area (TPSA) is 91.4 Å². The highest BCUT2D eigenvalue weighted by Crippen LogP contribution is 2.35. The molecule has 1 aromatic carbocycles. The highest BCUT2D eigenvalue weighted by molar-refractivity contribution is 6.00. The molecule has 0 radical (unpaired) electrons. The Bertz CT molecular complexity index is 666. The molecule has 2 heterocycles. The minimum absolute atomic E-state index is 0.148. The highest BCUT2D eigenvalue weighted by atomic mass is 16.7. The number of nitrogen functional groups attached to an aromatic ring is 1. The molecule has 20 heavy (non-hydrogen) atoms. The normalized spacial score (nSPS) is 12.4. The van der Waals surface area contributed by atoms with Crippen molar-refractivity contribution in [1.82, 2.24) is 15.1 Å². The fraction of sp³-hybridized carbons (Fsp3) is 0.231. The average Bonchev–Trinajstić information content (AvgIpc) is 3.03. The van der Waals surface area contributed by atoms with Gasteiger partial charge in [0.25, 0.3) is 5.91 Å². The second-order valence-electron chi connectivity index (χ2n) is 4.42. The number of rotatable bonds is 3. The minimum atomic E-state index is -0.262. The van der Waals surface area contributed by atoms with Crippen molar-refractivity contribution in [3.8, 4) is 11.5 Å². The summed E-state index contributed by atoms with van der Waals surface area (Å²) >= 11 is 0. The number of carbonyl (C=O) groups excluding carboxylic acids is 1. The number of amides is 1. The fourth-order valence-corrected chi connectivity index (χ4v) is 2.00. The molecule has 0 atom stereocenters. The van der Waals surface area contributed by atoms with Crippen LogP contribution in [0.5, 0.6) is 11.5 Å². The van der Waals surface area contributed by atoms with E-state index in [1.807, 2.05) is 13.1 Å². The van der Waals surface area contributed by atoms with Crippen molar-refractivity contribution in [2.24, 2.45) is 7.05 Å². The Kier molecular flexibility index (Phi) is 2.94. The molecule has 3 N–H and O–H groups in total. The molecule has 0 spiro atoms. The molecule has 7 heteroatoms. The lowest BCUT2D eigenvalue weighted by Gasteiger charge is -2.09. The van der Waals surface area contributed by atoms with E-state index in [9.17, 15) is 4.79 Å². The molecule has 0 bridgehead atoms. The van der Waals surface area contributed by atoms with Gasteiger partial charge in [-0.15, -0.1) is 0 Å². The van der Waals surface area contributed by atoms with Gasteiger partial charge in [-0.2, -0.15) is 5.10 Å². The molecule has 0 fully saturated rings. The molecule has 1 aliphatic rings. The molecular weight excluding hydrogens is 260 g/mol. The number of aromatic nitrogens is 2. The van der Waals surface area contributed by atoms with Gasteiger partial charge in [-0.1, -0.05) is 0 Å². The summed E-state index contributed by atoms with van der Waals surface area (Å²) in [6.45, 7) is 0.526. The number of nitrogens with zero attached hydrogens (tertiary/aromatic N) is 2. The molecule has 0 aliphatic carbocycles. The van der Waals surface area contributed by atoms with Crippen LogP contribution in [0.25, 0.3) is 0 Å². The molecular formula is C13H14N4O3. The van der Waals surface area contributed by atoms with E-state index in [0.717, 1.165) is 5.69 Å². The summed E-state index contributed by atoms with van der Waals surface area (Å²) in [5.74, 6) is 0.831. The van der Waals surface area contributed by atoms with Crippen molar-refractivity contribution in [1.29, 1.82) is 0 Å². The number of fused-ring (bicyclic) bond motifs is 1. The first-order valence-electron chi connectivity index (χ1n) is 6.09. The SMILES string of the molecule is Cn1nccc1CNC(=O)c1cc2c(cc1N)OCO2. The molecule has 1 amide bonds. The predicted molar refractivity (Wildman–Crippen MR) is 71.4 cm³/mol. The second-order valence-corrected chi connectivity index (χ2v) is 4.42.